The van der Waals surface area contributed by atoms with Gasteiger partial charge in [0.25, 0.3) is 0 Å². The first-order valence-corrected chi connectivity index (χ1v) is 11.7. The summed E-state index contributed by atoms with van der Waals surface area (Å²) in [4.78, 5) is 30.6. The molecule has 0 saturated heterocycles. The lowest BCUT2D eigenvalue weighted by molar-refractivity contribution is -0.119. The number of aromatic nitrogens is 1. The van der Waals surface area contributed by atoms with Gasteiger partial charge in [-0.1, -0.05) is 19.9 Å². The van der Waals surface area contributed by atoms with E-state index in [4.69, 9.17) is 0 Å². The monoisotopic (exact) mass is 444 g/mol. The van der Waals surface area contributed by atoms with Gasteiger partial charge < -0.3 is 10.2 Å². The number of hydrogen-bond acceptors (Lipinski definition) is 5. The van der Waals surface area contributed by atoms with Gasteiger partial charge in [0.2, 0.25) is 21.8 Å². The summed E-state index contributed by atoms with van der Waals surface area (Å²) in [6.07, 6.45) is 2.20. The number of benzene rings is 1. The molecular formula is C22H28N4O4S. The smallest absolute Gasteiger partial charge is 0.243 e. The lowest BCUT2D eigenvalue weighted by Gasteiger charge is -2.22. The van der Waals surface area contributed by atoms with E-state index in [2.05, 4.69) is 15.0 Å². The average Bonchev–Trinajstić information content (AvgIpc) is 3.02. The second-order valence-electron chi connectivity index (χ2n) is 8.29. The second-order valence-corrected chi connectivity index (χ2v) is 10.00. The zero-order valence-electron chi connectivity index (χ0n) is 18.3. The van der Waals surface area contributed by atoms with Crippen LogP contribution in [0.4, 0.5) is 11.5 Å². The molecule has 1 aromatic carbocycles. The van der Waals surface area contributed by atoms with Gasteiger partial charge in [-0.05, 0) is 61.6 Å². The zero-order chi connectivity index (χ0) is 22.9. The molecule has 31 heavy (non-hydrogen) atoms. The van der Waals surface area contributed by atoms with Crippen molar-refractivity contribution >= 4 is 33.3 Å². The van der Waals surface area contributed by atoms with Crippen LogP contribution in [0.25, 0.3) is 0 Å². The van der Waals surface area contributed by atoms with E-state index in [0.717, 1.165) is 16.8 Å². The van der Waals surface area contributed by atoms with Gasteiger partial charge in [0.05, 0.1) is 4.90 Å². The predicted molar refractivity (Wildman–Crippen MR) is 119 cm³/mol. The fourth-order valence-corrected chi connectivity index (χ4v) is 5.12. The maximum absolute atomic E-state index is 13.1. The number of pyridine rings is 1. The summed E-state index contributed by atoms with van der Waals surface area (Å²) in [5.41, 5.74) is 2.47. The summed E-state index contributed by atoms with van der Waals surface area (Å²) in [6, 6.07) is 7.16. The molecule has 2 heterocycles. The highest BCUT2D eigenvalue weighted by atomic mass is 32.2. The minimum absolute atomic E-state index is 0.0328. The number of carbonyl (C=O) groups is 2. The summed E-state index contributed by atoms with van der Waals surface area (Å²) in [6.45, 7) is 8.84. The standard InChI is InChI=1S/C22H28N4O4S/c1-13(2)21(22(28)24-20-9-6-14(3)12-23-20)25-31(29,30)18-7-8-19-17(11-18)10-15(4)26(19)16(5)27/h6-9,11-13,15,21,25H,10H2,1-5H3,(H,23,24,28)/t15-,21+/m0/s1. The molecule has 8 nitrogen and oxygen atoms in total. The molecule has 0 unspecified atom stereocenters. The van der Waals surface area contributed by atoms with E-state index in [0.29, 0.717) is 12.2 Å². The van der Waals surface area contributed by atoms with E-state index < -0.39 is 22.0 Å². The van der Waals surface area contributed by atoms with Crippen molar-refractivity contribution < 1.29 is 18.0 Å². The molecule has 1 aliphatic rings. The van der Waals surface area contributed by atoms with Crippen LogP contribution in [0, 0.1) is 12.8 Å². The van der Waals surface area contributed by atoms with Crippen LogP contribution in [0.3, 0.4) is 0 Å². The first-order valence-electron chi connectivity index (χ1n) is 10.2. The Kier molecular flexibility index (Phi) is 6.47. The van der Waals surface area contributed by atoms with Crippen molar-refractivity contribution in [3.8, 4) is 0 Å². The fourth-order valence-electron chi connectivity index (χ4n) is 3.73. The van der Waals surface area contributed by atoms with Crippen molar-refractivity contribution in [3.05, 3.63) is 47.7 Å². The third-order valence-corrected chi connectivity index (χ3v) is 6.75. The molecule has 166 valence electrons. The van der Waals surface area contributed by atoms with E-state index in [1.54, 1.807) is 43.1 Å². The van der Waals surface area contributed by atoms with Crippen molar-refractivity contribution in [1.29, 1.82) is 0 Å². The van der Waals surface area contributed by atoms with Gasteiger partial charge >= 0.3 is 0 Å². The second kappa shape index (κ2) is 8.76. The molecule has 0 spiro atoms. The maximum atomic E-state index is 13.1. The molecule has 0 radical (unpaired) electrons. The molecule has 0 saturated carbocycles. The molecule has 2 aromatic rings. The largest absolute Gasteiger partial charge is 0.309 e. The van der Waals surface area contributed by atoms with Crippen molar-refractivity contribution in [1.82, 2.24) is 9.71 Å². The van der Waals surface area contributed by atoms with Gasteiger partial charge in [0.15, 0.2) is 0 Å². The molecule has 9 heteroatoms. The van der Waals surface area contributed by atoms with Crippen LogP contribution in [-0.4, -0.2) is 37.3 Å². The molecule has 2 N–H and O–H groups in total. The molecule has 3 rings (SSSR count). The molecule has 2 atom stereocenters. The molecule has 1 aromatic heterocycles. The summed E-state index contributed by atoms with van der Waals surface area (Å²) in [5, 5.41) is 2.67. The van der Waals surface area contributed by atoms with E-state index >= 15 is 0 Å². The first kappa shape index (κ1) is 22.9. The fraction of sp³-hybridized carbons (Fsp3) is 0.409. The minimum Gasteiger partial charge on any atom is -0.309 e. The highest BCUT2D eigenvalue weighted by Gasteiger charge is 2.32. The number of nitrogens with one attached hydrogen (secondary N) is 2. The molecule has 0 aliphatic carbocycles. The number of anilines is 2. The van der Waals surface area contributed by atoms with Gasteiger partial charge in [-0.15, -0.1) is 0 Å². The minimum atomic E-state index is -3.96. The molecular weight excluding hydrogens is 416 g/mol. The lowest BCUT2D eigenvalue weighted by atomic mass is 10.1. The Hall–Kier alpha value is -2.78. The Morgan fingerprint density at radius 2 is 1.90 bits per heavy atom. The van der Waals surface area contributed by atoms with Crippen LogP contribution in [-0.2, 0) is 26.0 Å². The van der Waals surface area contributed by atoms with Gasteiger partial charge in [0, 0.05) is 24.8 Å². The van der Waals surface area contributed by atoms with Gasteiger partial charge in [-0.3, -0.25) is 9.59 Å². The SMILES string of the molecule is CC(=O)N1c2ccc(S(=O)(=O)N[C@@H](C(=O)Nc3ccc(C)cn3)C(C)C)cc2C[C@@H]1C. The Balaban J connectivity index is 1.82. The number of carbonyl (C=O) groups excluding carboxylic acids is 2. The Morgan fingerprint density at radius 1 is 1.19 bits per heavy atom. The van der Waals surface area contributed by atoms with E-state index in [-0.39, 0.29) is 22.8 Å². The summed E-state index contributed by atoms with van der Waals surface area (Å²) in [7, 11) is -3.96. The zero-order valence-corrected chi connectivity index (χ0v) is 19.2. The number of nitrogens with zero attached hydrogens (tertiary/aromatic N) is 2. The van der Waals surface area contributed by atoms with E-state index in [9.17, 15) is 18.0 Å². The summed E-state index contributed by atoms with van der Waals surface area (Å²) >= 11 is 0. The third-order valence-electron chi connectivity index (χ3n) is 5.31. The lowest BCUT2D eigenvalue weighted by Crippen LogP contribution is -2.47. The van der Waals surface area contributed by atoms with Crippen molar-refractivity contribution in [2.24, 2.45) is 5.92 Å². The quantitative estimate of drug-likeness (QED) is 0.712. The molecule has 2 amide bonds. The van der Waals surface area contributed by atoms with Crippen molar-refractivity contribution in [3.63, 3.8) is 0 Å². The summed E-state index contributed by atoms with van der Waals surface area (Å²) in [5.74, 6) is -0.493. The normalized spacial score (nSPS) is 16.8. The van der Waals surface area contributed by atoms with Gasteiger partial charge in [-0.2, -0.15) is 4.72 Å². The summed E-state index contributed by atoms with van der Waals surface area (Å²) < 4.78 is 28.6. The number of rotatable bonds is 6. The molecule has 0 fully saturated rings. The molecule has 0 bridgehead atoms. The van der Waals surface area contributed by atoms with Crippen LogP contribution in [0.1, 0.15) is 38.8 Å². The van der Waals surface area contributed by atoms with Crippen LogP contribution >= 0.6 is 0 Å². The number of amides is 2. The van der Waals surface area contributed by atoms with Crippen molar-refractivity contribution in [2.45, 2.75) is 58.0 Å². The Morgan fingerprint density at radius 3 is 2.48 bits per heavy atom. The van der Waals surface area contributed by atoms with Crippen LogP contribution in [0.5, 0.6) is 0 Å². The highest BCUT2D eigenvalue weighted by Crippen LogP contribution is 2.34. The van der Waals surface area contributed by atoms with Crippen molar-refractivity contribution in [2.75, 3.05) is 10.2 Å². The Labute approximate surface area is 183 Å². The van der Waals surface area contributed by atoms with Gasteiger partial charge in [0.1, 0.15) is 11.9 Å². The molecule has 1 aliphatic heterocycles. The topological polar surface area (TPSA) is 108 Å². The maximum Gasteiger partial charge on any atom is 0.243 e. The Bertz CT molecular complexity index is 1100. The van der Waals surface area contributed by atoms with Gasteiger partial charge in [-0.25, -0.2) is 13.4 Å². The van der Waals surface area contributed by atoms with E-state index in [1.807, 2.05) is 19.9 Å². The number of aryl methyl sites for hydroxylation is 1. The number of hydrogen-bond donors (Lipinski definition) is 2. The predicted octanol–water partition coefficient (Wildman–Crippen LogP) is 2.63. The average molecular weight is 445 g/mol. The third kappa shape index (κ3) is 4.94. The number of sulfonamides is 1. The number of fused-ring (bicyclic) bond motifs is 1. The van der Waals surface area contributed by atoms with E-state index in [1.165, 1.54) is 13.0 Å². The van der Waals surface area contributed by atoms with Crippen LogP contribution in [0.15, 0.2) is 41.4 Å². The van der Waals surface area contributed by atoms with Crippen LogP contribution < -0.4 is 14.9 Å². The highest BCUT2D eigenvalue weighted by molar-refractivity contribution is 7.89. The first-order chi connectivity index (χ1) is 14.5. The van der Waals surface area contributed by atoms with Crippen LogP contribution in [0.2, 0.25) is 0 Å².